The molecule has 0 saturated carbocycles. The maximum atomic E-state index is 12.8. The number of hydrogen-bond acceptors (Lipinski definition) is 2. The zero-order valence-corrected chi connectivity index (χ0v) is 11.1. The Morgan fingerprint density at radius 3 is 2.42 bits per heavy atom. The van der Waals surface area contributed by atoms with Crippen LogP contribution in [0.3, 0.4) is 0 Å². The fourth-order valence-corrected chi connectivity index (χ4v) is 2.51. The summed E-state index contributed by atoms with van der Waals surface area (Å²) in [6.45, 7) is 2.28. The van der Waals surface area contributed by atoms with Crippen molar-refractivity contribution in [3.05, 3.63) is 29.3 Å². The summed E-state index contributed by atoms with van der Waals surface area (Å²) in [5, 5.41) is 3.01. The van der Waals surface area contributed by atoms with E-state index in [0.29, 0.717) is 6.54 Å². The molecule has 1 aliphatic heterocycles. The van der Waals surface area contributed by atoms with E-state index in [0.717, 1.165) is 43.6 Å². The lowest BCUT2D eigenvalue weighted by Gasteiger charge is -2.31. The van der Waals surface area contributed by atoms with Crippen molar-refractivity contribution in [2.45, 2.75) is 32.0 Å². The van der Waals surface area contributed by atoms with Gasteiger partial charge in [0.05, 0.1) is 5.56 Å². The molecule has 2 rings (SSSR count). The molecule has 0 amide bonds. The molecule has 1 aromatic rings. The lowest BCUT2D eigenvalue weighted by molar-refractivity contribution is -0.137. The molecule has 1 N–H and O–H groups in total. The first kappa shape index (κ1) is 14.2. The first-order valence-corrected chi connectivity index (χ1v) is 6.62. The van der Waals surface area contributed by atoms with E-state index in [-0.39, 0.29) is 0 Å². The van der Waals surface area contributed by atoms with E-state index in [4.69, 9.17) is 0 Å². The van der Waals surface area contributed by atoms with E-state index in [1.54, 1.807) is 13.1 Å². The molecule has 0 atom stereocenters. The first-order chi connectivity index (χ1) is 9.02. The molecule has 1 saturated heterocycles. The maximum absolute atomic E-state index is 12.8. The van der Waals surface area contributed by atoms with Gasteiger partial charge in [0.1, 0.15) is 0 Å². The van der Waals surface area contributed by atoms with Crippen molar-refractivity contribution in [3.63, 3.8) is 0 Å². The number of hydrogen-bond donors (Lipinski definition) is 1. The van der Waals surface area contributed by atoms with Gasteiger partial charge in [-0.25, -0.2) is 0 Å². The van der Waals surface area contributed by atoms with Crippen LogP contribution < -0.4 is 10.2 Å². The van der Waals surface area contributed by atoms with Gasteiger partial charge in [0.2, 0.25) is 0 Å². The average Bonchev–Trinajstić information content (AvgIpc) is 2.39. The molecular weight excluding hydrogens is 253 g/mol. The molecule has 1 fully saturated rings. The van der Waals surface area contributed by atoms with Gasteiger partial charge in [0.25, 0.3) is 0 Å². The van der Waals surface area contributed by atoms with Crippen molar-refractivity contribution in [2.24, 2.45) is 0 Å². The third-order valence-electron chi connectivity index (χ3n) is 3.48. The number of anilines is 1. The Bertz CT molecular complexity index is 423. The van der Waals surface area contributed by atoms with Crippen LogP contribution in [0.4, 0.5) is 18.9 Å². The van der Waals surface area contributed by atoms with Gasteiger partial charge in [-0.1, -0.05) is 6.07 Å². The highest BCUT2D eigenvalue weighted by atomic mass is 19.4. The fraction of sp³-hybridized carbons (Fsp3) is 0.571. The molecule has 0 unspecified atom stereocenters. The first-order valence-electron chi connectivity index (χ1n) is 6.62. The standard InChI is InChI=1S/C14H19F3N2/c1-18-10-11-5-6-12(14(15,16)17)9-13(11)19-7-3-2-4-8-19/h5-6,9,18H,2-4,7-8,10H2,1H3. The quantitative estimate of drug-likeness (QED) is 0.907. The van der Waals surface area contributed by atoms with E-state index < -0.39 is 11.7 Å². The van der Waals surface area contributed by atoms with E-state index in [9.17, 15) is 13.2 Å². The van der Waals surface area contributed by atoms with Gasteiger partial charge in [-0.3, -0.25) is 0 Å². The summed E-state index contributed by atoms with van der Waals surface area (Å²) in [4.78, 5) is 2.07. The third kappa shape index (κ3) is 3.41. The van der Waals surface area contributed by atoms with Crippen LogP contribution in [0, 0.1) is 0 Å². The fourth-order valence-electron chi connectivity index (χ4n) is 2.51. The number of alkyl halides is 3. The molecule has 2 nitrogen and oxygen atoms in total. The van der Waals surface area contributed by atoms with E-state index in [1.807, 2.05) is 0 Å². The third-order valence-corrected chi connectivity index (χ3v) is 3.48. The molecule has 1 aromatic carbocycles. The molecule has 1 aliphatic rings. The Morgan fingerprint density at radius 1 is 1.16 bits per heavy atom. The largest absolute Gasteiger partial charge is 0.416 e. The maximum Gasteiger partial charge on any atom is 0.416 e. The van der Waals surface area contributed by atoms with Gasteiger partial charge in [-0.15, -0.1) is 0 Å². The number of nitrogens with one attached hydrogen (secondary N) is 1. The van der Waals surface area contributed by atoms with Crippen LogP contribution in [0.15, 0.2) is 18.2 Å². The van der Waals surface area contributed by atoms with E-state index >= 15 is 0 Å². The van der Waals surface area contributed by atoms with E-state index in [2.05, 4.69) is 10.2 Å². The summed E-state index contributed by atoms with van der Waals surface area (Å²) in [6.07, 6.45) is -1.01. The van der Waals surface area contributed by atoms with Gasteiger partial charge in [0, 0.05) is 25.3 Å². The summed E-state index contributed by atoms with van der Waals surface area (Å²) in [7, 11) is 1.80. The molecule has 106 valence electrons. The molecule has 0 aromatic heterocycles. The van der Waals surface area contributed by atoms with Gasteiger partial charge in [-0.05, 0) is 44.0 Å². The minimum atomic E-state index is -4.28. The molecule has 0 bridgehead atoms. The van der Waals surface area contributed by atoms with Gasteiger partial charge in [-0.2, -0.15) is 13.2 Å². The number of benzene rings is 1. The topological polar surface area (TPSA) is 15.3 Å². The lowest BCUT2D eigenvalue weighted by atomic mass is 10.0. The Labute approximate surface area is 111 Å². The summed E-state index contributed by atoms with van der Waals surface area (Å²) in [5.41, 5.74) is 1.09. The Balaban J connectivity index is 2.35. The molecule has 0 radical (unpaired) electrons. The predicted molar refractivity (Wildman–Crippen MR) is 70.3 cm³/mol. The lowest BCUT2D eigenvalue weighted by Crippen LogP contribution is -2.31. The van der Waals surface area contributed by atoms with Gasteiger partial charge >= 0.3 is 6.18 Å². The second kappa shape index (κ2) is 5.82. The molecule has 19 heavy (non-hydrogen) atoms. The number of piperidine rings is 1. The van der Waals surface area contributed by atoms with Crippen molar-refractivity contribution in [1.29, 1.82) is 0 Å². The SMILES string of the molecule is CNCc1ccc(C(F)(F)F)cc1N1CCCCC1. The summed E-state index contributed by atoms with van der Waals surface area (Å²) in [6, 6.07) is 4.04. The molecule has 0 aliphatic carbocycles. The van der Waals surface area contributed by atoms with Crippen molar-refractivity contribution in [1.82, 2.24) is 5.32 Å². The van der Waals surface area contributed by atoms with Crippen molar-refractivity contribution < 1.29 is 13.2 Å². The highest BCUT2D eigenvalue weighted by Crippen LogP contribution is 2.34. The minimum Gasteiger partial charge on any atom is -0.371 e. The average molecular weight is 272 g/mol. The smallest absolute Gasteiger partial charge is 0.371 e. The number of rotatable bonds is 3. The van der Waals surface area contributed by atoms with Crippen LogP contribution in [0.1, 0.15) is 30.4 Å². The highest BCUT2D eigenvalue weighted by molar-refractivity contribution is 5.56. The predicted octanol–water partition coefficient (Wildman–Crippen LogP) is 3.42. The summed E-state index contributed by atoms with van der Waals surface area (Å²) in [5.74, 6) is 0. The summed E-state index contributed by atoms with van der Waals surface area (Å²) >= 11 is 0. The second-order valence-corrected chi connectivity index (χ2v) is 4.92. The Hall–Kier alpha value is -1.23. The number of halogens is 3. The Kier molecular flexibility index (Phi) is 4.34. The van der Waals surface area contributed by atoms with Crippen LogP contribution in [-0.4, -0.2) is 20.1 Å². The van der Waals surface area contributed by atoms with Gasteiger partial charge < -0.3 is 10.2 Å². The minimum absolute atomic E-state index is 0.562. The monoisotopic (exact) mass is 272 g/mol. The van der Waals surface area contributed by atoms with E-state index in [1.165, 1.54) is 12.1 Å². The van der Waals surface area contributed by atoms with Crippen LogP contribution in [0.5, 0.6) is 0 Å². The zero-order chi connectivity index (χ0) is 13.9. The molecular formula is C14H19F3N2. The van der Waals surface area contributed by atoms with Crippen LogP contribution in [0.25, 0.3) is 0 Å². The molecule has 1 heterocycles. The Morgan fingerprint density at radius 2 is 1.84 bits per heavy atom. The highest BCUT2D eigenvalue weighted by Gasteiger charge is 2.31. The van der Waals surface area contributed by atoms with Crippen LogP contribution >= 0.6 is 0 Å². The van der Waals surface area contributed by atoms with Crippen LogP contribution in [-0.2, 0) is 12.7 Å². The molecule has 5 heteroatoms. The zero-order valence-electron chi connectivity index (χ0n) is 11.1. The summed E-state index contributed by atoms with van der Waals surface area (Å²) < 4.78 is 38.5. The van der Waals surface area contributed by atoms with Crippen molar-refractivity contribution >= 4 is 5.69 Å². The van der Waals surface area contributed by atoms with Crippen molar-refractivity contribution in [3.8, 4) is 0 Å². The number of nitrogens with zero attached hydrogens (tertiary/aromatic N) is 1. The normalized spacial score (nSPS) is 16.7. The van der Waals surface area contributed by atoms with Crippen LogP contribution in [0.2, 0.25) is 0 Å². The van der Waals surface area contributed by atoms with Crippen molar-refractivity contribution in [2.75, 3.05) is 25.0 Å². The second-order valence-electron chi connectivity index (χ2n) is 4.92. The molecule has 0 spiro atoms. The van der Waals surface area contributed by atoms with Gasteiger partial charge in [0.15, 0.2) is 0 Å².